The van der Waals surface area contributed by atoms with Crippen molar-refractivity contribution in [2.24, 2.45) is 11.3 Å². The van der Waals surface area contributed by atoms with Crippen LogP contribution in [0.25, 0.3) is 0 Å². The number of esters is 1. The number of hydrogen-bond acceptors (Lipinski definition) is 2. The standard InChI is InChI=1S/C17H34O2/c1-6-8-11-15(7-2)14-19-16(18)12-9-10-13-17(3,4)5/h15H,6-14H2,1-5H3. The quantitative estimate of drug-likeness (QED) is 0.395. The van der Waals surface area contributed by atoms with Gasteiger partial charge >= 0.3 is 5.97 Å². The molecule has 0 heterocycles. The van der Waals surface area contributed by atoms with Crippen molar-refractivity contribution in [3.8, 4) is 0 Å². The summed E-state index contributed by atoms with van der Waals surface area (Å²) in [6, 6.07) is 0. The van der Waals surface area contributed by atoms with Gasteiger partial charge < -0.3 is 4.74 Å². The molecule has 0 N–H and O–H groups in total. The molecular weight excluding hydrogens is 236 g/mol. The molecule has 0 spiro atoms. The minimum Gasteiger partial charge on any atom is -0.465 e. The van der Waals surface area contributed by atoms with Crippen molar-refractivity contribution in [1.29, 1.82) is 0 Å². The first-order valence-electron chi connectivity index (χ1n) is 8.04. The maximum atomic E-state index is 11.6. The summed E-state index contributed by atoms with van der Waals surface area (Å²) in [5.74, 6) is 0.544. The molecule has 0 aliphatic carbocycles. The predicted molar refractivity (Wildman–Crippen MR) is 82.2 cm³/mol. The Labute approximate surface area is 120 Å². The molecule has 2 heteroatoms. The number of hydrogen-bond donors (Lipinski definition) is 0. The molecule has 1 atom stereocenters. The van der Waals surface area contributed by atoms with Crippen LogP contribution in [0.5, 0.6) is 0 Å². The molecule has 0 radical (unpaired) electrons. The van der Waals surface area contributed by atoms with Crippen molar-refractivity contribution in [3.63, 3.8) is 0 Å². The van der Waals surface area contributed by atoms with Crippen LogP contribution in [0.2, 0.25) is 0 Å². The maximum Gasteiger partial charge on any atom is 0.305 e. The average molecular weight is 270 g/mol. The topological polar surface area (TPSA) is 26.3 Å². The van der Waals surface area contributed by atoms with Gasteiger partial charge in [-0.2, -0.15) is 0 Å². The number of rotatable bonds is 10. The lowest BCUT2D eigenvalue weighted by molar-refractivity contribution is -0.145. The van der Waals surface area contributed by atoms with Crippen molar-refractivity contribution in [1.82, 2.24) is 0 Å². The van der Waals surface area contributed by atoms with Gasteiger partial charge in [-0.25, -0.2) is 0 Å². The van der Waals surface area contributed by atoms with Crippen LogP contribution in [0, 0.1) is 11.3 Å². The van der Waals surface area contributed by atoms with E-state index in [-0.39, 0.29) is 5.97 Å². The molecule has 114 valence electrons. The zero-order valence-electron chi connectivity index (χ0n) is 13.8. The molecule has 0 rings (SSSR count). The number of carbonyl (C=O) groups is 1. The highest BCUT2D eigenvalue weighted by Crippen LogP contribution is 2.22. The van der Waals surface area contributed by atoms with E-state index in [1.165, 1.54) is 25.7 Å². The van der Waals surface area contributed by atoms with Crippen molar-refractivity contribution in [2.75, 3.05) is 6.61 Å². The highest BCUT2D eigenvalue weighted by Gasteiger charge is 2.12. The second-order valence-corrected chi connectivity index (χ2v) is 6.87. The van der Waals surface area contributed by atoms with Crippen molar-refractivity contribution >= 4 is 5.97 Å². The fraction of sp³-hybridized carbons (Fsp3) is 0.941. The van der Waals surface area contributed by atoms with Gasteiger partial charge in [-0.15, -0.1) is 0 Å². The molecule has 2 nitrogen and oxygen atoms in total. The van der Waals surface area contributed by atoms with Crippen LogP contribution in [0.1, 0.15) is 86.0 Å². The third-order valence-corrected chi connectivity index (χ3v) is 3.58. The van der Waals surface area contributed by atoms with Crippen LogP contribution in [-0.4, -0.2) is 12.6 Å². The Morgan fingerprint density at radius 1 is 1.11 bits per heavy atom. The smallest absolute Gasteiger partial charge is 0.305 e. The molecule has 0 saturated carbocycles. The third kappa shape index (κ3) is 12.3. The first kappa shape index (κ1) is 18.5. The SMILES string of the molecule is CCCCC(CC)COC(=O)CCCCC(C)(C)C. The van der Waals surface area contributed by atoms with Gasteiger partial charge in [0.15, 0.2) is 0 Å². The van der Waals surface area contributed by atoms with Gasteiger partial charge in [0, 0.05) is 6.42 Å². The Balaban J connectivity index is 3.62. The van der Waals surface area contributed by atoms with Crippen molar-refractivity contribution in [2.45, 2.75) is 86.0 Å². The van der Waals surface area contributed by atoms with Crippen LogP contribution >= 0.6 is 0 Å². The zero-order valence-corrected chi connectivity index (χ0v) is 13.8. The van der Waals surface area contributed by atoms with E-state index < -0.39 is 0 Å². The molecule has 0 bridgehead atoms. The van der Waals surface area contributed by atoms with Gasteiger partial charge in [0.05, 0.1) is 6.61 Å². The van der Waals surface area contributed by atoms with E-state index in [1.807, 2.05) is 0 Å². The first-order valence-corrected chi connectivity index (χ1v) is 8.04. The number of ether oxygens (including phenoxy) is 1. The van der Waals surface area contributed by atoms with Crippen molar-refractivity contribution < 1.29 is 9.53 Å². The molecule has 0 aromatic carbocycles. The average Bonchev–Trinajstić information content (AvgIpc) is 2.34. The Morgan fingerprint density at radius 3 is 2.32 bits per heavy atom. The normalized spacial score (nSPS) is 13.3. The van der Waals surface area contributed by atoms with Gasteiger partial charge in [-0.05, 0) is 30.6 Å². The van der Waals surface area contributed by atoms with E-state index in [9.17, 15) is 4.79 Å². The molecule has 0 aliphatic rings. The molecule has 0 aromatic heterocycles. The summed E-state index contributed by atoms with van der Waals surface area (Å²) in [6.45, 7) is 11.7. The summed E-state index contributed by atoms with van der Waals surface area (Å²) in [5, 5.41) is 0. The lowest BCUT2D eigenvalue weighted by Gasteiger charge is -2.17. The third-order valence-electron chi connectivity index (χ3n) is 3.58. The molecular formula is C17H34O2. The molecule has 0 aromatic rings. The first-order chi connectivity index (χ1) is 8.89. The number of carbonyl (C=O) groups excluding carboxylic acids is 1. The summed E-state index contributed by atoms with van der Waals surface area (Å²) in [6.07, 6.45) is 8.59. The Morgan fingerprint density at radius 2 is 1.79 bits per heavy atom. The van der Waals surface area contributed by atoms with E-state index in [0.717, 1.165) is 19.3 Å². The summed E-state index contributed by atoms with van der Waals surface area (Å²) in [7, 11) is 0. The second kappa shape index (κ2) is 10.3. The van der Waals surface area contributed by atoms with Crippen LogP contribution < -0.4 is 0 Å². The monoisotopic (exact) mass is 270 g/mol. The van der Waals surface area contributed by atoms with Gasteiger partial charge in [0.2, 0.25) is 0 Å². The van der Waals surface area contributed by atoms with Gasteiger partial charge in [-0.3, -0.25) is 4.79 Å². The molecule has 0 saturated heterocycles. The van der Waals surface area contributed by atoms with Crippen LogP contribution in [-0.2, 0) is 9.53 Å². The predicted octanol–water partition coefficient (Wildman–Crippen LogP) is 5.35. The summed E-state index contributed by atoms with van der Waals surface area (Å²) in [4.78, 5) is 11.6. The van der Waals surface area contributed by atoms with E-state index in [4.69, 9.17) is 4.74 Å². The molecule has 0 fully saturated rings. The summed E-state index contributed by atoms with van der Waals surface area (Å²) in [5.41, 5.74) is 0.372. The van der Waals surface area contributed by atoms with E-state index in [1.54, 1.807) is 0 Å². The highest BCUT2D eigenvalue weighted by molar-refractivity contribution is 5.69. The van der Waals surface area contributed by atoms with E-state index >= 15 is 0 Å². The summed E-state index contributed by atoms with van der Waals surface area (Å²) < 4.78 is 5.39. The fourth-order valence-corrected chi connectivity index (χ4v) is 2.11. The maximum absolute atomic E-state index is 11.6. The van der Waals surface area contributed by atoms with Crippen molar-refractivity contribution in [3.05, 3.63) is 0 Å². The van der Waals surface area contributed by atoms with E-state index in [2.05, 4.69) is 34.6 Å². The van der Waals surface area contributed by atoms with Crippen LogP contribution in [0.15, 0.2) is 0 Å². The van der Waals surface area contributed by atoms with Crippen LogP contribution in [0.4, 0.5) is 0 Å². The molecule has 0 aliphatic heterocycles. The van der Waals surface area contributed by atoms with Gasteiger partial charge in [-0.1, -0.05) is 60.3 Å². The van der Waals surface area contributed by atoms with Gasteiger partial charge in [0.1, 0.15) is 0 Å². The highest BCUT2D eigenvalue weighted by atomic mass is 16.5. The minimum atomic E-state index is -0.0103. The second-order valence-electron chi connectivity index (χ2n) is 6.87. The fourth-order valence-electron chi connectivity index (χ4n) is 2.11. The Bertz CT molecular complexity index is 228. The Kier molecular flexibility index (Phi) is 9.99. The zero-order chi connectivity index (χ0) is 14.7. The van der Waals surface area contributed by atoms with Gasteiger partial charge in [0.25, 0.3) is 0 Å². The lowest BCUT2D eigenvalue weighted by Crippen LogP contribution is -2.14. The lowest BCUT2D eigenvalue weighted by atomic mass is 9.89. The number of unbranched alkanes of at least 4 members (excludes halogenated alkanes) is 2. The summed E-state index contributed by atoms with van der Waals surface area (Å²) >= 11 is 0. The largest absolute Gasteiger partial charge is 0.465 e. The molecule has 19 heavy (non-hydrogen) atoms. The molecule has 0 amide bonds. The minimum absolute atomic E-state index is 0.0103. The molecule has 1 unspecified atom stereocenters. The Hall–Kier alpha value is -0.530. The van der Waals surface area contributed by atoms with Crippen LogP contribution in [0.3, 0.4) is 0 Å². The van der Waals surface area contributed by atoms with E-state index in [0.29, 0.717) is 24.4 Å².